The molecule has 1 aliphatic carbocycles. The van der Waals surface area contributed by atoms with Crippen LogP contribution in [-0.2, 0) is 11.2 Å². The van der Waals surface area contributed by atoms with Crippen LogP contribution >= 0.6 is 0 Å². The maximum absolute atomic E-state index is 11.3. The van der Waals surface area contributed by atoms with E-state index in [1.165, 1.54) is 12.1 Å². The molecule has 0 saturated heterocycles. The lowest BCUT2D eigenvalue weighted by atomic mass is 10.1. The number of aromatic nitrogens is 1. The van der Waals surface area contributed by atoms with Crippen molar-refractivity contribution in [3.05, 3.63) is 52.2 Å². The number of carboxylic acids is 1. The Bertz CT molecular complexity index is 806. The molecule has 1 aliphatic heterocycles. The zero-order chi connectivity index (χ0) is 13.4. The normalized spacial score (nSPS) is 10.9. The number of hydrogen-bond acceptors (Lipinski definition) is 4. The lowest BCUT2D eigenvalue weighted by Crippen LogP contribution is -2.01. The molecule has 1 aromatic carbocycles. The summed E-state index contributed by atoms with van der Waals surface area (Å²) in [6.45, 7) is 0. The molecule has 94 valence electrons. The van der Waals surface area contributed by atoms with Crippen LogP contribution in [0.1, 0.15) is 5.56 Å². The number of hydrogen-bond donors (Lipinski definition) is 1. The van der Waals surface area contributed by atoms with Crippen molar-refractivity contribution in [1.82, 2.24) is 4.98 Å². The molecule has 2 aliphatic rings. The Morgan fingerprint density at radius 3 is 2.84 bits per heavy atom. The molecule has 0 saturated carbocycles. The molecule has 0 radical (unpaired) electrons. The van der Waals surface area contributed by atoms with E-state index < -0.39 is 5.97 Å². The second kappa shape index (κ2) is 4.20. The third-order valence-corrected chi connectivity index (χ3v) is 2.77. The summed E-state index contributed by atoms with van der Waals surface area (Å²) in [4.78, 5) is 26.3. The van der Waals surface area contributed by atoms with Crippen LogP contribution in [0.4, 0.5) is 0 Å². The van der Waals surface area contributed by atoms with Gasteiger partial charge in [0.25, 0.3) is 0 Å². The highest BCUT2D eigenvalue weighted by molar-refractivity contribution is 5.78. The lowest BCUT2D eigenvalue weighted by molar-refractivity contribution is -0.136. The summed E-state index contributed by atoms with van der Waals surface area (Å²) in [7, 11) is 0. The van der Waals surface area contributed by atoms with Gasteiger partial charge in [0.1, 0.15) is 11.2 Å². The first-order valence-electron chi connectivity index (χ1n) is 5.67. The van der Waals surface area contributed by atoms with Gasteiger partial charge in [-0.2, -0.15) is 0 Å². The van der Waals surface area contributed by atoms with Gasteiger partial charge in [-0.05, 0) is 29.8 Å². The van der Waals surface area contributed by atoms with Crippen LogP contribution < -0.4 is 5.43 Å². The number of rotatable bonds is 2. The smallest absolute Gasteiger partial charge is 0.307 e. The summed E-state index contributed by atoms with van der Waals surface area (Å²) < 4.78 is 5.59. The predicted molar refractivity (Wildman–Crippen MR) is 68.2 cm³/mol. The third-order valence-electron chi connectivity index (χ3n) is 2.77. The van der Waals surface area contributed by atoms with Crippen LogP contribution in [-0.4, -0.2) is 16.1 Å². The van der Waals surface area contributed by atoms with E-state index in [1.54, 1.807) is 24.3 Å². The van der Waals surface area contributed by atoms with Gasteiger partial charge in [0, 0.05) is 6.07 Å². The Hall–Kier alpha value is -2.69. The molecule has 0 unspecified atom stereocenters. The van der Waals surface area contributed by atoms with Gasteiger partial charge in [0.2, 0.25) is 0 Å². The monoisotopic (exact) mass is 255 g/mol. The first-order chi connectivity index (χ1) is 9.11. The fourth-order valence-corrected chi connectivity index (χ4v) is 1.93. The Labute approximate surface area is 107 Å². The van der Waals surface area contributed by atoms with Crippen molar-refractivity contribution < 1.29 is 14.3 Å². The van der Waals surface area contributed by atoms with E-state index in [1.807, 2.05) is 0 Å². The van der Waals surface area contributed by atoms with Crippen LogP contribution in [0, 0.1) is 0 Å². The van der Waals surface area contributed by atoms with E-state index in [0.29, 0.717) is 28.1 Å². The summed E-state index contributed by atoms with van der Waals surface area (Å²) in [5.41, 5.74) is 2.16. The number of carbonyl (C=O) groups is 1. The number of fused-ring (bicyclic) bond motifs is 2. The zero-order valence-electron chi connectivity index (χ0n) is 9.79. The highest BCUT2D eigenvalue weighted by Gasteiger charge is 2.10. The molecule has 0 bridgehead atoms. The average Bonchev–Trinajstić information content (AvgIpc) is 2.35. The topological polar surface area (TPSA) is 80.4 Å². The van der Waals surface area contributed by atoms with E-state index in [0.717, 1.165) is 0 Å². The van der Waals surface area contributed by atoms with Crippen LogP contribution in [0.5, 0.6) is 0 Å². The molecule has 0 spiro atoms. The second-order valence-corrected chi connectivity index (χ2v) is 4.22. The van der Waals surface area contributed by atoms with Crippen LogP contribution in [0.15, 0.2) is 45.6 Å². The average molecular weight is 255 g/mol. The van der Waals surface area contributed by atoms with Gasteiger partial charge in [-0.25, -0.2) is 4.98 Å². The summed E-state index contributed by atoms with van der Waals surface area (Å²) in [6.07, 6.45) is -0.0783. The molecule has 3 rings (SSSR count). The minimum absolute atomic E-state index is 0.0783. The van der Waals surface area contributed by atoms with Gasteiger partial charge in [0.15, 0.2) is 16.8 Å². The van der Waals surface area contributed by atoms with Gasteiger partial charge in [-0.1, -0.05) is 6.07 Å². The molecule has 0 aromatic heterocycles. The predicted octanol–water partition coefficient (Wildman–Crippen LogP) is 1.92. The first kappa shape index (κ1) is 11.4. The van der Waals surface area contributed by atoms with Gasteiger partial charge in [-0.3, -0.25) is 9.59 Å². The fraction of sp³-hybridized carbons (Fsp3) is 0.0714. The second-order valence-electron chi connectivity index (χ2n) is 4.22. The first-order valence-corrected chi connectivity index (χ1v) is 5.67. The Morgan fingerprint density at radius 2 is 2.05 bits per heavy atom. The van der Waals surface area contributed by atoms with Crippen molar-refractivity contribution in [1.29, 1.82) is 0 Å². The lowest BCUT2D eigenvalue weighted by Gasteiger charge is -2.06. The molecule has 5 nitrogen and oxygen atoms in total. The number of benzene rings is 2. The third kappa shape index (κ3) is 2.18. The molecule has 0 fully saturated rings. The Kier molecular flexibility index (Phi) is 2.52. The largest absolute Gasteiger partial charge is 0.481 e. The fourth-order valence-electron chi connectivity index (χ4n) is 1.93. The van der Waals surface area contributed by atoms with Crippen LogP contribution in [0.25, 0.3) is 22.6 Å². The van der Waals surface area contributed by atoms with E-state index >= 15 is 0 Å². The zero-order valence-corrected chi connectivity index (χ0v) is 9.79. The maximum atomic E-state index is 11.3. The number of carboxylic acid groups (broad SMARTS) is 1. The highest BCUT2D eigenvalue weighted by atomic mass is 16.4. The van der Waals surface area contributed by atoms with Crippen LogP contribution in [0.2, 0.25) is 0 Å². The summed E-state index contributed by atoms with van der Waals surface area (Å²) >= 11 is 0. The molecular weight excluding hydrogens is 246 g/mol. The van der Waals surface area contributed by atoms with Gasteiger partial charge in [-0.15, -0.1) is 0 Å². The molecular formula is C14H9NO4. The molecule has 19 heavy (non-hydrogen) atoms. The molecule has 5 heteroatoms. The van der Waals surface area contributed by atoms with Gasteiger partial charge >= 0.3 is 5.97 Å². The van der Waals surface area contributed by atoms with E-state index in [9.17, 15) is 9.59 Å². The standard InChI is InChI=1S/C14H9NO4/c16-9-2-4-11-13(7-9)19-12-5-8(6-14(17)18)1-3-10(12)15-11/h1-5,7H,6H2,(H,17,18). The summed E-state index contributed by atoms with van der Waals surface area (Å²) in [5, 5.41) is 8.76. The summed E-state index contributed by atoms with van der Waals surface area (Å²) in [6, 6.07) is 9.44. The summed E-state index contributed by atoms with van der Waals surface area (Å²) in [5.74, 6) is -0.512. The molecule has 0 atom stereocenters. The molecule has 1 heterocycles. The van der Waals surface area contributed by atoms with E-state index in [-0.39, 0.29) is 11.8 Å². The minimum atomic E-state index is -0.907. The molecule has 0 amide bonds. The van der Waals surface area contributed by atoms with Crippen molar-refractivity contribution in [2.75, 3.05) is 0 Å². The van der Waals surface area contributed by atoms with Crippen molar-refractivity contribution in [3.8, 4) is 11.5 Å². The van der Waals surface area contributed by atoms with E-state index in [2.05, 4.69) is 4.98 Å². The van der Waals surface area contributed by atoms with Gasteiger partial charge in [0.05, 0.1) is 6.42 Å². The maximum Gasteiger partial charge on any atom is 0.307 e. The van der Waals surface area contributed by atoms with Gasteiger partial charge < -0.3 is 9.52 Å². The Balaban J connectivity index is 2.22. The molecule has 1 aromatic rings. The number of aliphatic carboxylic acids is 1. The SMILES string of the molecule is O=C(O)Cc1ccc2nc3ccc(=O)cc-3oc2c1. The minimum Gasteiger partial charge on any atom is -0.481 e. The molecule has 1 N–H and O–H groups in total. The quantitative estimate of drug-likeness (QED) is 0.707. The highest BCUT2D eigenvalue weighted by Crippen LogP contribution is 2.24. The number of nitrogens with zero attached hydrogens (tertiary/aromatic N) is 1. The van der Waals surface area contributed by atoms with Crippen molar-refractivity contribution in [2.45, 2.75) is 6.42 Å². The van der Waals surface area contributed by atoms with Crippen molar-refractivity contribution in [3.63, 3.8) is 0 Å². The van der Waals surface area contributed by atoms with Crippen LogP contribution in [0.3, 0.4) is 0 Å². The van der Waals surface area contributed by atoms with Crippen molar-refractivity contribution >= 4 is 17.1 Å². The van der Waals surface area contributed by atoms with E-state index in [4.69, 9.17) is 9.52 Å². The van der Waals surface area contributed by atoms with Crippen molar-refractivity contribution in [2.24, 2.45) is 0 Å². The Morgan fingerprint density at radius 1 is 1.21 bits per heavy atom.